The van der Waals surface area contributed by atoms with Gasteiger partial charge in [0.1, 0.15) is 22.9 Å². The van der Waals surface area contributed by atoms with E-state index in [4.69, 9.17) is 13.6 Å². The Balaban J connectivity index is 1.45. The van der Waals surface area contributed by atoms with Crippen molar-refractivity contribution in [3.63, 3.8) is 0 Å². The minimum atomic E-state index is -1.000. The van der Waals surface area contributed by atoms with E-state index >= 15 is 0 Å². The van der Waals surface area contributed by atoms with Crippen LogP contribution in [0.4, 0.5) is 0 Å². The minimum Gasteiger partial charge on any atom is -0.494 e. The molecule has 0 spiro atoms. The highest BCUT2D eigenvalue weighted by Gasteiger charge is 2.14. The molecule has 2 aromatic carbocycles. The molecule has 0 unspecified atom stereocenters. The van der Waals surface area contributed by atoms with Crippen molar-refractivity contribution in [2.24, 2.45) is 5.10 Å². The van der Waals surface area contributed by atoms with E-state index in [0.29, 0.717) is 40.6 Å². The topological polar surface area (TPSA) is 114 Å². The number of hydrogen-bond donors (Lipinski definition) is 2. The lowest BCUT2D eigenvalue weighted by Crippen LogP contribution is -2.16. The molecule has 0 fully saturated rings. The summed E-state index contributed by atoms with van der Waals surface area (Å²) in [5, 5.41) is 13.9. The van der Waals surface area contributed by atoms with Crippen LogP contribution < -0.4 is 10.2 Å². The smallest absolute Gasteiger partial charge is 0.335 e. The first-order valence-electron chi connectivity index (χ1n) is 9.89. The fraction of sp³-hybridized carbons (Fsp3) is 0.125. The van der Waals surface area contributed by atoms with Crippen molar-refractivity contribution in [1.82, 2.24) is 5.43 Å². The maximum atomic E-state index is 12.4. The van der Waals surface area contributed by atoms with E-state index in [0.717, 1.165) is 5.39 Å². The SMILES string of the molecule is CCOc1ccc2oc(C(=O)N/N=C/c3ccc(-c4cccc(C(=O)O)c4C)o3)cc2c1. The highest BCUT2D eigenvalue weighted by molar-refractivity contribution is 5.96. The summed E-state index contributed by atoms with van der Waals surface area (Å²) < 4.78 is 16.7. The molecule has 0 saturated heterocycles. The fourth-order valence-corrected chi connectivity index (χ4v) is 3.30. The molecule has 0 saturated carbocycles. The van der Waals surface area contributed by atoms with Crippen molar-refractivity contribution < 1.29 is 28.3 Å². The molecule has 0 bridgehead atoms. The number of nitrogens with one attached hydrogen (secondary N) is 1. The number of ether oxygens (including phenoxy) is 1. The van der Waals surface area contributed by atoms with Crippen LogP contribution in [0.5, 0.6) is 5.75 Å². The standard InChI is InChI=1S/C24H20N2O6/c1-3-30-16-7-9-20-15(11-16)12-22(32-20)23(27)26-25-13-17-8-10-21(31-17)18-5-4-6-19(14(18)2)24(28)29/h4-13H,3H2,1-2H3,(H,26,27)(H,28,29)/b25-13+. The number of carbonyl (C=O) groups is 2. The van der Waals surface area contributed by atoms with Crippen LogP contribution in [0.15, 0.2) is 68.5 Å². The van der Waals surface area contributed by atoms with Gasteiger partial charge in [-0.15, -0.1) is 0 Å². The molecular weight excluding hydrogens is 412 g/mol. The Labute approximate surface area is 183 Å². The van der Waals surface area contributed by atoms with Crippen LogP contribution in [0, 0.1) is 6.92 Å². The summed E-state index contributed by atoms with van der Waals surface area (Å²) in [7, 11) is 0. The second-order valence-electron chi connectivity index (χ2n) is 6.93. The average Bonchev–Trinajstić information content (AvgIpc) is 3.40. The summed E-state index contributed by atoms with van der Waals surface area (Å²) in [5.41, 5.74) is 4.45. The van der Waals surface area contributed by atoms with Crippen molar-refractivity contribution >= 4 is 29.1 Å². The Morgan fingerprint density at radius 2 is 1.97 bits per heavy atom. The van der Waals surface area contributed by atoms with E-state index in [2.05, 4.69) is 10.5 Å². The molecule has 1 amide bonds. The van der Waals surface area contributed by atoms with Crippen LogP contribution in [0.2, 0.25) is 0 Å². The van der Waals surface area contributed by atoms with Crippen molar-refractivity contribution in [1.29, 1.82) is 0 Å². The van der Waals surface area contributed by atoms with Crippen LogP contribution in [0.1, 0.15) is 39.2 Å². The van der Waals surface area contributed by atoms with Crippen molar-refractivity contribution in [3.05, 3.63) is 77.2 Å². The van der Waals surface area contributed by atoms with Crippen LogP contribution in [-0.4, -0.2) is 29.8 Å². The molecule has 0 atom stereocenters. The first-order chi connectivity index (χ1) is 15.5. The minimum absolute atomic E-state index is 0.118. The summed E-state index contributed by atoms with van der Waals surface area (Å²) in [6, 6.07) is 15.3. The molecule has 2 aromatic heterocycles. The molecular formula is C24H20N2O6. The van der Waals surface area contributed by atoms with Crippen LogP contribution in [0.3, 0.4) is 0 Å². The third-order valence-corrected chi connectivity index (χ3v) is 4.84. The molecule has 4 rings (SSSR count). The summed E-state index contributed by atoms with van der Waals surface area (Å²) in [4.78, 5) is 23.7. The van der Waals surface area contributed by atoms with Gasteiger partial charge in [-0.3, -0.25) is 4.79 Å². The van der Waals surface area contributed by atoms with Gasteiger partial charge in [-0.05, 0) is 61.9 Å². The van der Waals surface area contributed by atoms with Gasteiger partial charge >= 0.3 is 11.9 Å². The van der Waals surface area contributed by atoms with Crippen LogP contribution >= 0.6 is 0 Å². The van der Waals surface area contributed by atoms with Crippen LogP contribution in [0.25, 0.3) is 22.3 Å². The zero-order chi connectivity index (χ0) is 22.7. The van der Waals surface area contributed by atoms with Gasteiger partial charge in [0.15, 0.2) is 5.76 Å². The molecule has 0 aliphatic heterocycles. The Bertz CT molecular complexity index is 1330. The van der Waals surface area contributed by atoms with Crippen molar-refractivity contribution in [3.8, 4) is 17.1 Å². The second kappa shape index (κ2) is 8.81. The summed E-state index contributed by atoms with van der Waals surface area (Å²) in [6.07, 6.45) is 1.35. The number of rotatable bonds is 7. The monoisotopic (exact) mass is 432 g/mol. The third-order valence-electron chi connectivity index (χ3n) is 4.84. The predicted octanol–water partition coefficient (Wildman–Crippen LogP) is 4.86. The highest BCUT2D eigenvalue weighted by atomic mass is 16.5. The Morgan fingerprint density at radius 1 is 1.12 bits per heavy atom. The Morgan fingerprint density at radius 3 is 2.75 bits per heavy atom. The molecule has 8 nitrogen and oxygen atoms in total. The molecule has 0 aliphatic carbocycles. The van der Waals surface area contributed by atoms with Gasteiger partial charge in [-0.2, -0.15) is 5.10 Å². The van der Waals surface area contributed by atoms with Gasteiger partial charge in [-0.1, -0.05) is 12.1 Å². The average molecular weight is 432 g/mol. The Kier molecular flexibility index (Phi) is 5.76. The first-order valence-corrected chi connectivity index (χ1v) is 9.89. The van der Waals surface area contributed by atoms with Crippen molar-refractivity contribution in [2.45, 2.75) is 13.8 Å². The van der Waals surface area contributed by atoms with Gasteiger partial charge < -0.3 is 18.7 Å². The normalized spacial score (nSPS) is 11.2. The van der Waals surface area contributed by atoms with Gasteiger partial charge in [0, 0.05) is 10.9 Å². The third kappa shape index (κ3) is 4.24. The number of furan rings is 2. The lowest BCUT2D eigenvalue weighted by atomic mass is 10.0. The number of benzene rings is 2. The van der Waals surface area contributed by atoms with Gasteiger partial charge in [-0.25, -0.2) is 10.2 Å². The van der Waals surface area contributed by atoms with Gasteiger partial charge in [0.25, 0.3) is 0 Å². The molecule has 0 radical (unpaired) electrons. The van der Waals surface area contributed by atoms with E-state index in [1.54, 1.807) is 55.5 Å². The maximum Gasteiger partial charge on any atom is 0.335 e. The number of fused-ring (bicyclic) bond motifs is 1. The van der Waals surface area contributed by atoms with E-state index in [1.165, 1.54) is 12.3 Å². The number of carboxylic acid groups (broad SMARTS) is 1. The number of carbonyl (C=O) groups excluding carboxylic acids is 1. The van der Waals surface area contributed by atoms with Crippen LogP contribution in [-0.2, 0) is 0 Å². The number of carboxylic acids is 1. The second-order valence-corrected chi connectivity index (χ2v) is 6.93. The van der Waals surface area contributed by atoms with E-state index in [-0.39, 0.29) is 11.3 Å². The molecule has 4 aromatic rings. The quantitative estimate of drug-likeness (QED) is 0.318. The Hall–Kier alpha value is -4.33. The lowest BCUT2D eigenvalue weighted by molar-refractivity contribution is 0.0696. The largest absolute Gasteiger partial charge is 0.494 e. The van der Waals surface area contributed by atoms with Gasteiger partial charge in [0.05, 0.1) is 18.4 Å². The molecule has 0 aliphatic rings. The van der Waals surface area contributed by atoms with Gasteiger partial charge in [0.2, 0.25) is 0 Å². The zero-order valence-corrected chi connectivity index (χ0v) is 17.4. The predicted molar refractivity (Wildman–Crippen MR) is 118 cm³/mol. The first kappa shape index (κ1) is 20.9. The number of aromatic carboxylic acids is 1. The summed E-state index contributed by atoms with van der Waals surface area (Å²) in [5.74, 6) is 0.204. The van der Waals surface area contributed by atoms with E-state index in [1.807, 2.05) is 6.92 Å². The summed E-state index contributed by atoms with van der Waals surface area (Å²) in [6.45, 7) is 4.16. The van der Waals surface area contributed by atoms with E-state index < -0.39 is 11.9 Å². The number of hydrogen-bond acceptors (Lipinski definition) is 6. The number of amides is 1. The van der Waals surface area contributed by atoms with Crippen molar-refractivity contribution in [2.75, 3.05) is 6.61 Å². The summed E-state index contributed by atoms with van der Waals surface area (Å²) >= 11 is 0. The molecule has 8 heteroatoms. The number of nitrogens with zero attached hydrogens (tertiary/aromatic N) is 1. The lowest BCUT2D eigenvalue weighted by Gasteiger charge is -2.05. The fourth-order valence-electron chi connectivity index (χ4n) is 3.30. The molecule has 2 N–H and O–H groups in total. The number of hydrazone groups is 1. The molecule has 162 valence electrons. The highest BCUT2D eigenvalue weighted by Crippen LogP contribution is 2.27. The maximum absolute atomic E-state index is 12.4. The molecule has 32 heavy (non-hydrogen) atoms. The molecule has 2 heterocycles. The van der Waals surface area contributed by atoms with E-state index in [9.17, 15) is 14.7 Å². The zero-order valence-electron chi connectivity index (χ0n) is 17.4.